The summed E-state index contributed by atoms with van der Waals surface area (Å²) < 4.78 is 24.9. The number of benzene rings is 1. The normalized spacial score (nSPS) is 18.6. The van der Waals surface area contributed by atoms with E-state index in [-0.39, 0.29) is 11.9 Å². The van der Waals surface area contributed by atoms with Crippen molar-refractivity contribution in [3.63, 3.8) is 0 Å². The molecule has 5 nitrogen and oxygen atoms in total. The average Bonchev–Trinajstić information content (AvgIpc) is 3.13. The molecule has 1 unspecified atom stereocenters. The first-order valence-corrected chi connectivity index (χ1v) is 12.1. The predicted octanol–water partition coefficient (Wildman–Crippen LogP) is 3.19. The van der Waals surface area contributed by atoms with Crippen LogP contribution < -0.4 is 5.32 Å². The lowest BCUT2D eigenvalue weighted by Crippen LogP contribution is -2.49. The summed E-state index contributed by atoms with van der Waals surface area (Å²) in [6.07, 6.45) is 2.77. The Morgan fingerprint density at radius 1 is 1.31 bits per heavy atom. The van der Waals surface area contributed by atoms with Crippen molar-refractivity contribution in [3.05, 3.63) is 52.2 Å². The Kier molecular flexibility index (Phi) is 6.39. The lowest BCUT2D eigenvalue weighted by molar-refractivity contribution is 0.0918. The highest BCUT2D eigenvalue weighted by Crippen LogP contribution is 2.28. The molecule has 0 radical (unpaired) electrons. The van der Waals surface area contributed by atoms with Crippen molar-refractivity contribution in [2.24, 2.45) is 0 Å². The van der Waals surface area contributed by atoms with Gasteiger partial charge in [0.25, 0.3) is 5.91 Å². The zero-order valence-corrected chi connectivity index (χ0v) is 17.0. The van der Waals surface area contributed by atoms with Gasteiger partial charge in [-0.2, -0.15) is 0 Å². The van der Waals surface area contributed by atoms with Crippen LogP contribution in [-0.4, -0.2) is 44.0 Å². The monoisotopic (exact) mass is 410 g/mol. The van der Waals surface area contributed by atoms with Crippen LogP contribution in [0, 0.1) is 0 Å². The fraction of sp³-hybridized carbons (Fsp3) is 0.389. The fourth-order valence-electron chi connectivity index (χ4n) is 2.95. The molecule has 0 spiro atoms. The van der Waals surface area contributed by atoms with E-state index >= 15 is 0 Å². The molecule has 26 heavy (non-hydrogen) atoms. The van der Waals surface area contributed by atoms with Crippen LogP contribution in [0.15, 0.2) is 46.7 Å². The average molecular weight is 411 g/mol. The summed E-state index contributed by atoms with van der Waals surface area (Å²) in [4.78, 5) is 15.0. The lowest BCUT2D eigenvalue weighted by Gasteiger charge is -2.31. The summed E-state index contributed by atoms with van der Waals surface area (Å²) in [6.45, 7) is 0.869. The molecule has 8 heteroatoms. The minimum absolute atomic E-state index is 0.139. The van der Waals surface area contributed by atoms with E-state index in [2.05, 4.69) is 11.4 Å². The minimum Gasteiger partial charge on any atom is -0.348 e. The van der Waals surface area contributed by atoms with Crippen molar-refractivity contribution < 1.29 is 13.2 Å². The van der Waals surface area contributed by atoms with E-state index in [9.17, 15) is 13.2 Å². The standard InChI is InChI=1S/C18H22N2O3S3/c1-26(22,23)20-10-4-6-14(12-20)19-18(21)16-8-2-3-9-17(16)25-13-15-7-5-11-24-15/h2-3,5,7-9,11,14H,4,6,10,12-13H2,1H3,(H,19,21). The second-order valence-electron chi connectivity index (χ2n) is 6.30. The van der Waals surface area contributed by atoms with Crippen molar-refractivity contribution in [1.29, 1.82) is 0 Å². The quantitative estimate of drug-likeness (QED) is 0.743. The van der Waals surface area contributed by atoms with Crippen molar-refractivity contribution in [2.75, 3.05) is 19.3 Å². The molecule has 1 aliphatic heterocycles. The van der Waals surface area contributed by atoms with E-state index in [4.69, 9.17) is 0 Å². The number of carbonyl (C=O) groups is 1. The molecule has 1 atom stereocenters. The number of amides is 1. The Morgan fingerprint density at radius 3 is 2.85 bits per heavy atom. The second-order valence-corrected chi connectivity index (χ2v) is 10.3. The highest BCUT2D eigenvalue weighted by Gasteiger charge is 2.27. The molecule has 1 saturated heterocycles. The third-order valence-electron chi connectivity index (χ3n) is 4.27. The zero-order chi connectivity index (χ0) is 18.6. The van der Waals surface area contributed by atoms with Gasteiger partial charge >= 0.3 is 0 Å². The summed E-state index contributed by atoms with van der Waals surface area (Å²) in [5, 5.41) is 5.06. The predicted molar refractivity (Wildman–Crippen MR) is 107 cm³/mol. The molecular formula is C18H22N2O3S3. The van der Waals surface area contributed by atoms with E-state index in [1.165, 1.54) is 15.4 Å². The Labute approximate surface area is 162 Å². The molecule has 2 heterocycles. The van der Waals surface area contributed by atoms with Crippen LogP contribution in [0.3, 0.4) is 0 Å². The maximum atomic E-state index is 12.8. The van der Waals surface area contributed by atoms with E-state index in [1.54, 1.807) is 23.1 Å². The smallest absolute Gasteiger partial charge is 0.252 e. The van der Waals surface area contributed by atoms with Crippen molar-refractivity contribution >= 4 is 39.0 Å². The van der Waals surface area contributed by atoms with Crippen LogP contribution in [0.4, 0.5) is 0 Å². The molecule has 3 rings (SSSR count). The molecular weight excluding hydrogens is 388 g/mol. The first-order chi connectivity index (χ1) is 12.4. The number of nitrogens with zero attached hydrogens (tertiary/aromatic N) is 1. The van der Waals surface area contributed by atoms with Gasteiger partial charge in [0.2, 0.25) is 10.0 Å². The highest BCUT2D eigenvalue weighted by molar-refractivity contribution is 7.98. The van der Waals surface area contributed by atoms with E-state index in [0.29, 0.717) is 18.7 Å². The van der Waals surface area contributed by atoms with Crippen LogP contribution in [0.1, 0.15) is 28.1 Å². The fourth-order valence-corrected chi connectivity index (χ4v) is 5.68. The van der Waals surface area contributed by atoms with Gasteiger partial charge in [-0.1, -0.05) is 18.2 Å². The number of nitrogens with one attached hydrogen (secondary N) is 1. The molecule has 1 aliphatic rings. The minimum atomic E-state index is -3.22. The van der Waals surface area contributed by atoms with Crippen molar-refractivity contribution in [1.82, 2.24) is 9.62 Å². The summed E-state index contributed by atoms with van der Waals surface area (Å²) in [6, 6.07) is 11.5. The third-order valence-corrected chi connectivity index (χ3v) is 7.72. The number of piperidine rings is 1. The Morgan fingerprint density at radius 2 is 2.12 bits per heavy atom. The molecule has 1 fully saturated rings. The first-order valence-electron chi connectivity index (χ1n) is 8.43. The SMILES string of the molecule is CS(=O)(=O)N1CCCC(NC(=O)c2ccccc2SCc2cccs2)C1. The Bertz CT molecular complexity index is 850. The maximum Gasteiger partial charge on any atom is 0.252 e. The highest BCUT2D eigenvalue weighted by atomic mass is 32.2. The van der Waals surface area contributed by atoms with Crippen LogP contribution in [0.2, 0.25) is 0 Å². The van der Waals surface area contributed by atoms with Crippen LogP contribution >= 0.6 is 23.1 Å². The summed E-state index contributed by atoms with van der Waals surface area (Å²) in [5.74, 6) is 0.687. The zero-order valence-electron chi connectivity index (χ0n) is 14.6. The molecule has 1 N–H and O–H groups in total. The number of carbonyl (C=O) groups excluding carboxylic acids is 1. The van der Waals surface area contributed by atoms with Gasteiger partial charge in [0.1, 0.15) is 0 Å². The molecule has 1 aromatic heterocycles. The van der Waals surface area contributed by atoms with E-state index in [0.717, 1.165) is 23.5 Å². The van der Waals surface area contributed by atoms with Crippen LogP contribution in [-0.2, 0) is 15.8 Å². The molecule has 0 saturated carbocycles. The molecule has 1 aromatic carbocycles. The van der Waals surface area contributed by atoms with Gasteiger partial charge < -0.3 is 5.32 Å². The number of rotatable bonds is 6. The number of hydrogen-bond donors (Lipinski definition) is 1. The van der Waals surface area contributed by atoms with Crippen molar-refractivity contribution in [2.45, 2.75) is 29.5 Å². The van der Waals surface area contributed by atoms with Crippen LogP contribution in [0.25, 0.3) is 0 Å². The summed E-state index contributed by atoms with van der Waals surface area (Å²) in [5.41, 5.74) is 0.644. The van der Waals surface area contributed by atoms with Gasteiger partial charge in [-0.15, -0.1) is 23.1 Å². The molecule has 0 aliphatic carbocycles. The number of hydrogen-bond acceptors (Lipinski definition) is 5. The summed E-state index contributed by atoms with van der Waals surface area (Å²) in [7, 11) is -3.22. The number of sulfonamides is 1. The lowest BCUT2D eigenvalue weighted by atomic mass is 10.1. The van der Waals surface area contributed by atoms with Gasteiger partial charge in [0, 0.05) is 34.7 Å². The second kappa shape index (κ2) is 8.56. The Hall–Kier alpha value is -1.35. The van der Waals surface area contributed by atoms with Gasteiger partial charge in [0.05, 0.1) is 11.8 Å². The van der Waals surface area contributed by atoms with Gasteiger partial charge in [-0.3, -0.25) is 4.79 Å². The van der Waals surface area contributed by atoms with E-state index < -0.39 is 10.0 Å². The van der Waals surface area contributed by atoms with E-state index in [1.807, 2.05) is 35.7 Å². The molecule has 1 amide bonds. The number of thiophene rings is 1. The van der Waals surface area contributed by atoms with Crippen LogP contribution in [0.5, 0.6) is 0 Å². The first kappa shape index (κ1) is 19.4. The maximum absolute atomic E-state index is 12.8. The third kappa shape index (κ3) is 5.09. The van der Waals surface area contributed by atoms with Gasteiger partial charge in [-0.25, -0.2) is 12.7 Å². The molecule has 140 valence electrons. The largest absolute Gasteiger partial charge is 0.348 e. The van der Waals surface area contributed by atoms with Gasteiger partial charge in [-0.05, 0) is 36.4 Å². The number of thioether (sulfide) groups is 1. The van der Waals surface area contributed by atoms with Gasteiger partial charge in [0.15, 0.2) is 0 Å². The molecule has 0 bridgehead atoms. The summed E-state index contributed by atoms with van der Waals surface area (Å²) >= 11 is 3.35. The molecule has 2 aromatic rings. The van der Waals surface area contributed by atoms with Crippen molar-refractivity contribution in [3.8, 4) is 0 Å². The Balaban J connectivity index is 1.66. The topological polar surface area (TPSA) is 66.5 Å².